The van der Waals surface area contributed by atoms with Gasteiger partial charge in [-0.2, -0.15) is 0 Å². The molecule has 0 aromatic heterocycles. The van der Waals surface area contributed by atoms with Crippen LogP contribution in [0.25, 0.3) is 0 Å². The number of halogens is 2. The van der Waals surface area contributed by atoms with Gasteiger partial charge >= 0.3 is 18.9 Å². The fourth-order valence-electron chi connectivity index (χ4n) is 1.70. The molecule has 0 aliphatic rings. The van der Waals surface area contributed by atoms with Gasteiger partial charge in [-0.05, 0) is 38.5 Å². The van der Waals surface area contributed by atoms with Crippen molar-refractivity contribution >= 4 is 53.9 Å². The molecule has 0 unspecified atom stereocenters. The van der Waals surface area contributed by atoms with Crippen LogP contribution in [0.4, 0.5) is 0 Å². The van der Waals surface area contributed by atoms with Crippen molar-refractivity contribution in [1.29, 1.82) is 0 Å². The minimum Gasteiger partial charge on any atom is -0.490 e. The van der Waals surface area contributed by atoms with E-state index in [-0.39, 0.29) is 36.3 Å². The van der Waals surface area contributed by atoms with Crippen LogP contribution in [0.3, 0.4) is 0 Å². The van der Waals surface area contributed by atoms with Gasteiger partial charge in [-0.25, -0.2) is 16.6 Å². The minimum atomic E-state index is -1.38. The largest absolute Gasteiger partial charge is 1.00 e. The summed E-state index contributed by atoms with van der Waals surface area (Å²) in [6, 6.07) is 3.08. The Kier molecular flexibility index (Phi) is 13.4. The van der Waals surface area contributed by atoms with Crippen LogP contribution in [0.5, 0.6) is 0 Å². The predicted molar refractivity (Wildman–Crippen MR) is 103 cm³/mol. The molecule has 0 saturated heterocycles. The van der Waals surface area contributed by atoms with Gasteiger partial charge in [0.15, 0.2) is 5.97 Å². The summed E-state index contributed by atoms with van der Waals surface area (Å²) >= 11 is 13.2. The Morgan fingerprint density at radius 1 is 1.15 bits per heavy atom. The van der Waals surface area contributed by atoms with Crippen molar-refractivity contribution in [3.63, 3.8) is 0 Å². The molecule has 1 aromatic rings. The van der Waals surface area contributed by atoms with Gasteiger partial charge < -0.3 is 13.8 Å². The fourth-order valence-corrected chi connectivity index (χ4v) is 5.23. The Bertz CT molecular complexity index is 591. The SMILES string of the molecule is CCOP(OCC)S[C-](CC(=O)c1cc(Cl)c(C)c(Cl)c1)C(=O)OC.[Li+]. The molecule has 140 valence electrons. The molecule has 1 rings (SSSR count). The van der Waals surface area contributed by atoms with Crippen molar-refractivity contribution in [2.45, 2.75) is 27.2 Å². The number of ether oxygens (including phenoxy) is 1. The molecule has 1 aromatic carbocycles. The van der Waals surface area contributed by atoms with Crippen LogP contribution in [0, 0.1) is 12.2 Å². The molecule has 26 heavy (non-hydrogen) atoms. The van der Waals surface area contributed by atoms with Crippen LogP contribution in [0.2, 0.25) is 10.0 Å². The Balaban J connectivity index is 0.00000625. The molecule has 10 heteroatoms. The number of Topliss-reactive ketones (excluding diaryl/α,β-unsaturated/α-hetero) is 1. The van der Waals surface area contributed by atoms with E-state index in [4.69, 9.17) is 37.0 Å². The number of hydrogen-bond donors (Lipinski definition) is 0. The standard InChI is InChI=1S/C16H20Cl2O5PS.Li/c1-5-22-24(23-6-2)25-15(16(20)21-4)9-14(19)11-7-12(17)10(3)13(18)8-11;/h7-8H,5-6,9H2,1-4H3;/q-1;+1. The van der Waals surface area contributed by atoms with E-state index in [9.17, 15) is 9.59 Å². The third kappa shape index (κ3) is 8.00. The summed E-state index contributed by atoms with van der Waals surface area (Å²) < 4.78 is 15.7. The first kappa shape index (κ1) is 26.1. The van der Waals surface area contributed by atoms with E-state index >= 15 is 0 Å². The molecule has 0 spiro atoms. The molecule has 0 aliphatic heterocycles. The molecular weight excluding hydrogens is 413 g/mol. The van der Waals surface area contributed by atoms with E-state index in [1.54, 1.807) is 19.1 Å². The summed E-state index contributed by atoms with van der Waals surface area (Å²) in [7, 11) is -0.121. The van der Waals surface area contributed by atoms with Crippen LogP contribution >= 0.6 is 42.2 Å². The molecule has 0 amide bonds. The van der Waals surface area contributed by atoms with Crippen molar-refractivity contribution in [3.05, 3.63) is 38.6 Å². The summed E-state index contributed by atoms with van der Waals surface area (Å²) in [6.07, 6.45) is -0.147. The Morgan fingerprint density at radius 3 is 2.08 bits per heavy atom. The molecule has 0 heterocycles. The third-order valence-corrected chi connectivity index (χ3v) is 7.14. The first-order chi connectivity index (χ1) is 11.8. The van der Waals surface area contributed by atoms with Gasteiger partial charge in [0.1, 0.15) is 5.78 Å². The summed E-state index contributed by atoms with van der Waals surface area (Å²) in [5.41, 5.74) is 1.03. The maximum Gasteiger partial charge on any atom is 1.00 e. The maximum absolute atomic E-state index is 12.6. The van der Waals surface area contributed by atoms with Crippen molar-refractivity contribution in [1.82, 2.24) is 0 Å². The number of carbonyl (C=O) groups is 2. The second-order valence-corrected chi connectivity index (χ2v) is 8.63. The summed E-state index contributed by atoms with van der Waals surface area (Å²) in [6.45, 7) is 6.29. The van der Waals surface area contributed by atoms with Gasteiger partial charge in [-0.1, -0.05) is 29.6 Å². The van der Waals surface area contributed by atoms with E-state index in [1.807, 2.05) is 13.8 Å². The van der Waals surface area contributed by atoms with Crippen molar-refractivity contribution in [2.75, 3.05) is 20.3 Å². The normalized spacial score (nSPS) is 10.4. The average molecular weight is 433 g/mol. The fraction of sp³-hybridized carbons (Fsp3) is 0.438. The maximum atomic E-state index is 12.6. The van der Waals surface area contributed by atoms with Gasteiger partial charge in [0, 0.05) is 15.6 Å². The van der Waals surface area contributed by atoms with Crippen molar-refractivity contribution in [2.24, 2.45) is 0 Å². The van der Waals surface area contributed by atoms with Gasteiger partial charge in [-0.15, -0.1) is 0 Å². The molecule has 0 aliphatic carbocycles. The van der Waals surface area contributed by atoms with E-state index in [0.29, 0.717) is 34.4 Å². The summed E-state index contributed by atoms with van der Waals surface area (Å²) in [4.78, 5) is 24.6. The topological polar surface area (TPSA) is 61.8 Å². The summed E-state index contributed by atoms with van der Waals surface area (Å²) in [5.74, 6) is -0.880. The Labute approximate surface area is 181 Å². The number of benzene rings is 1. The predicted octanol–water partition coefficient (Wildman–Crippen LogP) is 2.62. The van der Waals surface area contributed by atoms with E-state index in [2.05, 4.69) is 0 Å². The third-order valence-electron chi connectivity index (χ3n) is 2.99. The van der Waals surface area contributed by atoms with Crippen LogP contribution in [-0.4, -0.2) is 32.1 Å². The molecule has 0 bridgehead atoms. The monoisotopic (exact) mass is 432 g/mol. The van der Waals surface area contributed by atoms with E-state index in [0.717, 1.165) is 11.4 Å². The van der Waals surface area contributed by atoms with Crippen LogP contribution in [-0.2, 0) is 18.6 Å². The number of ketones is 1. The van der Waals surface area contributed by atoms with Crippen molar-refractivity contribution in [3.8, 4) is 0 Å². The number of carbonyl (C=O) groups excluding carboxylic acids is 2. The quantitative estimate of drug-likeness (QED) is 0.186. The molecule has 5 nitrogen and oxygen atoms in total. The molecule has 0 radical (unpaired) electrons. The zero-order chi connectivity index (χ0) is 19.0. The van der Waals surface area contributed by atoms with Gasteiger partial charge in [0.25, 0.3) is 0 Å². The number of hydrogen-bond acceptors (Lipinski definition) is 6. The van der Waals surface area contributed by atoms with E-state index < -0.39 is 13.5 Å². The first-order valence-corrected chi connectivity index (χ1v) is 10.9. The van der Waals surface area contributed by atoms with Crippen molar-refractivity contribution < 1.29 is 42.2 Å². The molecular formula is C16H20Cl2LiO5PS. The number of rotatable bonds is 10. The molecule has 0 saturated carbocycles. The van der Waals surface area contributed by atoms with Gasteiger partial charge in [0.2, 0.25) is 7.58 Å². The smallest absolute Gasteiger partial charge is 0.490 e. The zero-order valence-corrected chi connectivity index (χ0v) is 18.7. The van der Waals surface area contributed by atoms with Crippen LogP contribution in [0.15, 0.2) is 12.1 Å². The van der Waals surface area contributed by atoms with Crippen LogP contribution in [0.1, 0.15) is 36.2 Å². The molecule has 0 N–H and O–H groups in total. The van der Waals surface area contributed by atoms with Gasteiger partial charge in [-0.3, -0.25) is 9.59 Å². The Morgan fingerprint density at radius 2 is 1.65 bits per heavy atom. The second-order valence-electron chi connectivity index (χ2n) is 4.73. The van der Waals surface area contributed by atoms with Crippen LogP contribution < -0.4 is 18.9 Å². The van der Waals surface area contributed by atoms with E-state index in [1.165, 1.54) is 7.11 Å². The molecule has 0 atom stereocenters. The molecule has 0 fully saturated rings. The number of esters is 1. The average Bonchev–Trinajstić information content (AvgIpc) is 2.58. The van der Waals surface area contributed by atoms with Gasteiger partial charge in [0.05, 0.1) is 20.3 Å². The summed E-state index contributed by atoms with van der Waals surface area (Å²) in [5, 5.41) is 1.01. The minimum absolute atomic E-state index is 0. The number of methoxy groups -OCH3 is 1. The first-order valence-electron chi connectivity index (χ1n) is 7.50. The second kappa shape index (κ2) is 13.3. The Hall–Kier alpha value is 0.107. The zero-order valence-electron chi connectivity index (χ0n) is 15.4.